The van der Waals surface area contributed by atoms with Crippen molar-refractivity contribution in [1.29, 1.82) is 0 Å². The van der Waals surface area contributed by atoms with Crippen LogP contribution in [-0.2, 0) is 13.1 Å². The second-order valence-corrected chi connectivity index (χ2v) is 6.46. The third kappa shape index (κ3) is 4.75. The first kappa shape index (κ1) is 17.3. The summed E-state index contributed by atoms with van der Waals surface area (Å²) < 4.78 is 4.85. The van der Waals surface area contributed by atoms with Crippen LogP contribution in [0.1, 0.15) is 30.5 Å². The Morgan fingerprint density at radius 2 is 1.96 bits per heavy atom. The molecule has 6 heteroatoms. The summed E-state index contributed by atoms with van der Waals surface area (Å²) in [6, 6.07) is 10.7. The van der Waals surface area contributed by atoms with Gasteiger partial charge in [-0.05, 0) is 37.0 Å². The van der Waals surface area contributed by atoms with Crippen molar-refractivity contribution < 1.29 is 4.52 Å². The fourth-order valence-corrected chi connectivity index (χ4v) is 3.20. The van der Waals surface area contributed by atoms with E-state index < -0.39 is 0 Å². The molecule has 25 heavy (non-hydrogen) atoms. The van der Waals surface area contributed by atoms with Crippen molar-refractivity contribution in [2.24, 2.45) is 4.99 Å². The van der Waals surface area contributed by atoms with Crippen LogP contribution in [0.15, 0.2) is 46.1 Å². The van der Waals surface area contributed by atoms with Crippen molar-refractivity contribution in [2.45, 2.75) is 32.4 Å². The van der Waals surface area contributed by atoms with Crippen LogP contribution in [0.4, 0.5) is 5.69 Å². The van der Waals surface area contributed by atoms with E-state index in [4.69, 9.17) is 4.52 Å². The molecule has 0 bridgehead atoms. The summed E-state index contributed by atoms with van der Waals surface area (Å²) in [5.41, 5.74) is 3.47. The average molecular weight is 341 g/mol. The molecule has 0 saturated carbocycles. The zero-order valence-electron chi connectivity index (χ0n) is 15.1. The predicted octanol–water partition coefficient (Wildman–Crippen LogP) is 2.87. The first-order valence-corrected chi connectivity index (χ1v) is 8.91. The summed E-state index contributed by atoms with van der Waals surface area (Å²) in [6.07, 6.45) is 5.54. The summed E-state index contributed by atoms with van der Waals surface area (Å²) in [5.74, 6) is 0.836. The molecule has 6 nitrogen and oxygen atoms in total. The van der Waals surface area contributed by atoms with E-state index in [1.165, 1.54) is 43.6 Å². The molecular weight excluding hydrogens is 314 g/mol. The molecule has 1 aromatic heterocycles. The minimum absolute atomic E-state index is 0.599. The normalized spacial score (nSPS) is 15.3. The lowest BCUT2D eigenvalue weighted by Crippen LogP contribution is -2.38. The van der Waals surface area contributed by atoms with Gasteiger partial charge in [0, 0.05) is 45.5 Å². The molecule has 2 heterocycles. The maximum atomic E-state index is 4.85. The zero-order valence-corrected chi connectivity index (χ0v) is 15.1. The monoisotopic (exact) mass is 341 g/mol. The van der Waals surface area contributed by atoms with Gasteiger partial charge in [0.25, 0.3) is 0 Å². The minimum Gasteiger partial charge on any atom is -0.372 e. The van der Waals surface area contributed by atoms with Crippen LogP contribution < -0.4 is 10.2 Å². The Bertz CT molecular complexity index is 660. The Morgan fingerprint density at radius 3 is 2.60 bits per heavy atom. The number of aromatic nitrogens is 1. The van der Waals surface area contributed by atoms with Gasteiger partial charge in [0.1, 0.15) is 12.0 Å². The highest BCUT2D eigenvalue weighted by Gasteiger charge is 2.11. The fraction of sp³-hybridized carbons (Fsp3) is 0.474. The van der Waals surface area contributed by atoms with Crippen LogP contribution in [0.3, 0.4) is 0 Å². The molecule has 2 aromatic rings. The van der Waals surface area contributed by atoms with E-state index in [9.17, 15) is 0 Å². The van der Waals surface area contributed by atoms with Gasteiger partial charge in [0.15, 0.2) is 5.96 Å². The molecule has 0 amide bonds. The molecule has 0 radical (unpaired) electrons. The lowest BCUT2D eigenvalue weighted by atomic mass is 10.1. The fourth-order valence-electron chi connectivity index (χ4n) is 3.20. The summed E-state index contributed by atoms with van der Waals surface area (Å²) in [5, 5.41) is 7.20. The standard InChI is InChI=1S/C19H27N5O/c1-20-19(21-14-17-10-13-25-22-17)23(2)15-16-6-8-18(9-7-16)24-11-4-3-5-12-24/h6-10,13H,3-5,11-12,14-15H2,1-2H3,(H,20,21). The summed E-state index contributed by atoms with van der Waals surface area (Å²) >= 11 is 0. The number of anilines is 1. The third-order valence-corrected chi connectivity index (χ3v) is 4.57. The first-order valence-electron chi connectivity index (χ1n) is 8.91. The Balaban J connectivity index is 1.54. The zero-order chi connectivity index (χ0) is 17.5. The number of nitrogens with zero attached hydrogens (tertiary/aromatic N) is 4. The molecular formula is C19H27N5O. The van der Waals surface area contributed by atoms with Crippen LogP contribution in [0.2, 0.25) is 0 Å². The molecule has 0 atom stereocenters. The molecule has 1 aliphatic heterocycles. The minimum atomic E-state index is 0.599. The second-order valence-electron chi connectivity index (χ2n) is 6.46. The largest absolute Gasteiger partial charge is 0.372 e. The predicted molar refractivity (Wildman–Crippen MR) is 101 cm³/mol. The van der Waals surface area contributed by atoms with Gasteiger partial charge in [-0.1, -0.05) is 17.3 Å². The summed E-state index contributed by atoms with van der Waals surface area (Å²) in [4.78, 5) is 8.93. The van der Waals surface area contributed by atoms with E-state index >= 15 is 0 Å². The molecule has 1 fully saturated rings. The highest BCUT2D eigenvalue weighted by Crippen LogP contribution is 2.20. The number of piperidine rings is 1. The maximum Gasteiger partial charge on any atom is 0.194 e. The topological polar surface area (TPSA) is 56.9 Å². The van der Waals surface area contributed by atoms with Crippen LogP contribution >= 0.6 is 0 Å². The number of benzene rings is 1. The maximum absolute atomic E-state index is 4.85. The van der Waals surface area contributed by atoms with Gasteiger partial charge in [-0.25, -0.2) is 0 Å². The van der Waals surface area contributed by atoms with Gasteiger partial charge in [-0.15, -0.1) is 0 Å². The van der Waals surface area contributed by atoms with E-state index in [0.717, 1.165) is 18.2 Å². The third-order valence-electron chi connectivity index (χ3n) is 4.57. The van der Waals surface area contributed by atoms with E-state index in [0.29, 0.717) is 6.54 Å². The van der Waals surface area contributed by atoms with Gasteiger partial charge in [-0.2, -0.15) is 0 Å². The van der Waals surface area contributed by atoms with Gasteiger partial charge in [-0.3, -0.25) is 4.99 Å². The Kier molecular flexibility index (Phi) is 5.93. The Labute approximate surface area is 149 Å². The van der Waals surface area contributed by atoms with E-state index in [-0.39, 0.29) is 0 Å². The number of aliphatic imine (C=N–C) groups is 1. The SMILES string of the molecule is CN=C(NCc1ccon1)N(C)Cc1ccc(N2CCCCC2)cc1. The van der Waals surface area contributed by atoms with E-state index in [1.807, 2.05) is 13.1 Å². The van der Waals surface area contributed by atoms with Crippen LogP contribution in [0.25, 0.3) is 0 Å². The van der Waals surface area contributed by atoms with Crippen molar-refractivity contribution in [3.05, 3.63) is 47.9 Å². The van der Waals surface area contributed by atoms with Crippen LogP contribution in [0.5, 0.6) is 0 Å². The summed E-state index contributed by atoms with van der Waals surface area (Å²) in [7, 11) is 3.83. The highest BCUT2D eigenvalue weighted by atomic mass is 16.5. The lowest BCUT2D eigenvalue weighted by Gasteiger charge is -2.29. The van der Waals surface area contributed by atoms with Crippen molar-refractivity contribution in [1.82, 2.24) is 15.4 Å². The smallest absolute Gasteiger partial charge is 0.194 e. The van der Waals surface area contributed by atoms with E-state index in [1.54, 1.807) is 13.3 Å². The van der Waals surface area contributed by atoms with Gasteiger partial charge < -0.3 is 19.6 Å². The van der Waals surface area contributed by atoms with Crippen molar-refractivity contribution in [3.63, 3.8) is 0 Å². The molecule has 0 spiro atoms. The number of rotatable bonds is 5. The quantitative estimate of drug-likeness (QED) is 0.669. The molecule has 1 N–H and O–H groups in total. The highest BCUT2D eigenvalue weighted by molar-refractivity contribution is 5.79. The van der Waals surface area contributed by atoms with Gasteiger partial charge >= 0.3 is 0 Å². The lowest BCUT2D eigenvalue weighted by molar-refractivity contribution is 0.409. The van der Waals surface area contributed by atoms with Crippen molar-refractivity contribution in [2.75, 3.05) is 32.1 Å². The van der Waals surface area contributed by atoms with E-state index in [2.05, 4.69) is 49.5 Å². The molecule has 1 aromatic carbocycles. The molecule has 134 valence electrons. The molecule has 0 aliphatic carbocycles. The molecule has 1 aliphatic rings. The number of hydrogen-bond donors (Lipinski definition) is 1. The number of nitrogens with one attached hydrogen (secondary N) is 1. The van der Waals surface area contributed by atoms with Crippen molar-refractivity contribution in [3.8, 4) is 0 Å². The molecule has 3 rings (SSSR count). The average Bonchev–Trinajstić information content (AvgIpc) is 3.17. The van der Waals surface area contributed by atoms with Gasteiger partial charge in [0.05, 0.1) is 6.54 Å². The molecule has 1 saturated heterocycles. The Hall–Kier alpha value is -2.50. The van der Waals surface area contributed by atoms with Crippen LogP contribution in [0, 0.1) is 0 Å². The molecule has 0 unspecified atom stereocenters. The number of hydrogen-bond acceptors (Lipinski definition) is 4. The first-order chi connectivity index (χ1) is 12.3. The van der Waals surface area contributed by atoms with Crippen molar-refractivity contribution >= 4 is 11.6 Å². The van der Waals surface area contributed by atoms with Crippen LogP contribution in [-0.4, -0.2) is 43.2 Å². The summed E-state index contributed by atoms with van der Waals surface area (Å²) in [6.45, 7) is 3.76. The Morgan fingerprint density at radius 1 is 1.20 bits per heavy atom. The second kappa shape index (κ2) is 8.55. The number of guanidine groups is 1. The van der Waals surface area contributed by atoms with Gasteiger partial charge in [0.2, 0.25) is 0 Å².